The number of rotatable bonds is 1. The van der Waals surface area contributed by atoms with Gasteiger partial charge in [0.05, 0.1) is 5.69 Å². The van der Waals surface area contributed by atoms with Crippen LogP contribution in [0.4, 0.5) is 5.69 Å². The zero-order chi connectivity index (χ0) is 9.10. The summed E-state index contributed by atoms with van der Waals surface area (Å²) in [5.74, 6) is 0. The zero-order valence-electron chi connectivity index (χ0n) is 6.94. The summed E-state index contributed by atoms with van der Waals surface area (Å²) in [5.41, 5.74) is 4.09. The number of nitrogens with zero attached hydrogens (tertiary/aromatic N) is 1. The van der Waals surface area contributed by atoms with E-state index in [1.165, 1.54) is 0 Å². The van der Waals surface area contributed by atoms with Crippen molar-refractivity contribution in [3.8, 4) is 0 Å². The van der Waals surface area contributed by atoms with Crippen LogP contribution < -0.4 is 10.4 Å². The Morgan fingerprint density at radius 1 is 1.23 bits per heavy atom. The van der Waals surface area contributed by atoms with E-state index in [0.717, 1.165) is 10.7 Å². The van der Waals surface area contributed by atoms with Gasteiger partial charge in [-0.05, 0) is 30.4 Å². The van der Waals surface area contributed by atoms with Gasteiger partial charge in [-0.2, -0.15) is 0 Å². The van der Waals surface area contributed by atoms with Gasteiger partial charge in [0.1, 0.15) is 0 Å². The highest BCUT2D eigenvalue weighted by Gasteiger charge is 2.01. The van der Waals surface area contributed by atoms with Crippen LogP contribution in [0.5, 0.6) is 0 Å². The molecule has 13 heavy (non-hydrogen) atoms. The Morgan fingerprint density at radius 3 is 2.85 bits per heavy atom. The van der Waals surface area contributed by atoms with E-state index in [0.29, 0.717) is 0 Å². The van der Waals surface area contributed by atoms with Crippen molar-refractivity contribution in [1.29, 1.82) is 0 Å². The molecule has 1 aromatic carbocycles. The lowest BCUT2D eigenvalue weighted by molar-refractivity contribution is 0.868. The fraction of sp³-hybridized carbons (Fsp3) is 0. The van der Waals surface area contributed by atoms with Crippen molar-refractivity contribution in [2.75, 3.05) is 5.01 Å². The molecule has 0 aromatic heterocycles. The van der Waals surface area contributed by atoms with E-state index >= 15 is 0 Å². The second-order valence-electron chi connectivity index (χ2n) is 2.68. The highest BCUT2D eigenvalue weighted by atomic mass is 35.5. The van der Waals surface area contributed by atoms with E-state index in [2.05, 4.69) is 5.43 Å². The Bertz CT molecular complexity index is 358. The van der Waals surface area contributed by atoms with E-state index in [-0.39, 0.29) is 0 Å². The monoisotopic (exact) mass is 192 g/mol. The van der Waals surface area contributed by atoms with Crippen LogP contribution in [0.1, 0.15) is 0 Å². The maximum atomic E-state index is 5.87. The van der Waals surface area contributed by atoms with Crippen LogP contribution >= 0.6 is 11.6 Å². The third-order valence-electron chi connectivity index (χ3n) is 1.74. The van der Waals surface area contributed by atoms with Crippen LogP contribution in [0, 0.1) is 0 Å². The molecule has 0 spiro atoms. The minimum Gasteiger partial charge on any atom is -0.302 e. The second kappa shape index (κ2) is 3.54. The topological polar surface area (TPSA) is 15.3 Å². The average Bonchev–Trinajstić information content (AvgIpc) is 2.19. The van der Waals surface area contributed by atoms with Crippen LogP contribution in [-0.2, 0) is 0 Å². The highest BCUT2D eigenvalue weighted by Crippen LogP contribution is 2.18. The molecule has 3 heteroatoms. The average molecular weight is 193 g/mol. The number of anilines is 1. The predicted molar refractivity (Wildman–Crippen MR) is 55.3 cm³/mol. The van der Waals surface area contributed by atoms with Crippen molar-refractivity contribution in [2.24, 2.45) is 0 Å². The number of hydrogen-bond acceptors (Lipinski definition) is 2. The van der Waals surface area contributed by atoms with Crippen LogP contribution in [0.25, 0.3) is 0 Å². The summed E-state index contributed by atoms with van der Waals surface area (Å²) in [4.78, 5) is 0. The summed E-state index contributed by atoms with van der Waals surface area (Å²) in [6.07, 6.45) is 7.69. The molecule has 0 atom stereocenters. The van der Waals surface area contributed by atoms with Gasteiger partial charge in [0, 0.05) is 17.4 Å². The van der Waals surface area contributed by atoms with Crippen LogP contribution in [0.3, 0.4) is 0 Å². The lowest BCUT2D eigenvalue weighted by atomic mass is 10.3. The molecule has 66 valence electrons. The lowest BCUT2D eigenvalue weighted by Crippen LogP contribution is -2.29. The van der Waals surface area contributed by atoms with E-state index in [9.17, 15) is 0 Å². The fourth-order valence-corrected chi connectivity index (χ4v) is 1.33. The summed E-state index contributed by atoms with van der Waals surface area (Å²) >= 11 is 5.87. The molecule has 0 unspecified atom stereocenters. The molecular formula is C10H9ClN2. The second-order valence-corrected chi connectivity index (χ2v) is 3.12. The molecule has 0 amide bonds. The largest absolute Gasteiger partial charge is 0.302 e. The molecule has 1 aliphatic rings. The summed E-state index contributed by atoms with van der Waals surface area (Å²) in [6, 6.07) is 7.67. The van der Waals surface area contributed by atoms with Crippen molar-refractivity contribution in [2.45, 2.75) is 0 Å². The molecule has 1 aromatic rings. The number of hydrogen-bond donors (Lipinski definition) is 1. The zero-order valence-corrected chi connectivity index (χ0v) is 7.70. The first kappa shape index (κ1) is 8.20. The Morgan fingerprint density at radius 2 is 2.15 bits per heavy atom. The van der Waals surface area contributed by atoms with Crippen molar-refractivity contribution >= 4 is 17.3 Å². The van der Waals surface area contributed by atoms with E-state index in [1.807, 2.05) is 53.8 Å². The highest BCUT2D eigenvalue weighted by molar-refractivity contribution is 6.30. The van der Waals surface area contributed by atoms with Gasteiger partial charge in [-0.25, -0.2) is 0 Å². The van der Waals surface area contributed by atoms with E-state index in [4.69, 9.17) is 11.6 Å². The Kier molecular flexibility index (Phi) is 2.23. The maximum absolute atomic E-state index is 5.87. The van der Waals surface area contributed by atoms with Crippen LogP contribution in [-0.4, -0.2) is 0 Å². The van der Waals surface area contributed by atoms with E-state index in [1.54, 1.807) is 0 Å². The first-order valence-corrected chi connectivity index (χ1v) is 4.38. The molecule has 2 nitrogen and oxygen atoms in total. The molecule has 1 aliphatic heterocycles. The van der Waals surface area contributed by atoms with Gasteiger partial charge in [0.2, 0.25) is 0 Å². The van der Waals surface area contributed by atoms with Crippen molar-refractivity contribution in [3.63, 3.8) is 0 Å². The van der Waals surface area contributed by atoms with E-state index < -0.39 is 0 Å². The van der Waals surface area contributed by atoms with Crippen molar-refractivity contribution in [3.05, 3.63) is 53.8 Å². The number of nitrogens with one attached hydrogen (secondary N) is 1. The van der Waals surface area contributed by atoms with Gasteiger partial charge in [-0.3, -0.25) is 5.01 Å². The molecule has 0 aliphatic carbocycles. The quantitative estimate of drug-likeness (QED) is 0.736. The molecule has 1 heterocycles. The summed E-state index contributed by atoms with van der Waals surface area (Å²) in [7, 11) is 0. The lowest BCUT2D eigenvalue weighted by Gasteiger charge is -2.22. The minimum atomic E-state index is 0.738. The molecule has 0 radical (unpaired) electrons. The first-order chi connectivity index (χ1) is 6.36. The van der Waals surface area contributed by atoms with Gasteiger partial charge in [-0.1, -0.05) is 17.7 Å². The summed E-state index contributed by atoms with van der Waals surface area (Å²) in [5, 5.41) is 2.63. The normalized spacial score (nSPS) is 14.4. The third-order valence-corrected chi connectivity index (χ3v) is 1.98. The van der Waals surface area contributed by atoms with Crippen molar-refractivity contribution < 1.29 is 0 Å². The maximum Gasteiger partial charge on any atom is 0.0638 e. The number of halogens is 1. The van der Waals surface area contributed by atoms with Gasteiger partial charge in [0.15, 0.2) is 0 Å². The molecule has 0 fully saturated rings. The smallest absolute Gasteiger partial charge is 0.0638 e. The fourth-order valence-electron chi connectivity index (χ4n) is 1.14. The third kappa shape index (κ3) is 1.84. The Labute approximate surface area is 82.1 Å². The molecule has 0 saturated heterocycles. The molecule has 0 saturated carbocycles. The van der Waals surface area contributed by atoms with Gasteiger partial charge in [0.25, 0.3) is 0 Å². The number of hydrazine groups is 1. The van der Waals surface area contributed by atoms with Crippen LogP contribution in [0.2, 0.25) is 5.02 Å². The standard InChI is InChI=1S/C10H9ClN2/c11-9-4-3-5-10(8-9)13-7-2-1-6-12-13/h1-8,12H. The summed E-state index contributed by atoms with van der Waals surface area (Å²) < 4.78 is 0. The SMILES string of the molecule is Clc1cccc(N2C=CC=CN2)c1. The molecule has 1 N–H and O–H groups in total. The number of allylic oxidation sites excluding steroid dienone is 2. The molecule has 2 rings (SSSR count). The first-order valence-electron chi connectivity index (χ1n) is 4.00. The Hall–Kier alpha value is -1.41. The minimum absolute atomic E-state index is 0.738. The molecular weight excluding hydrogens is 184 g/mol. The van der Waals surface area contributed by atoms with Crippen LogP contribution in [0.15, 0.2) is 48.8 Å². The van der Waals surface area contributed by atoms with Gasteiger partial charge >= 0.3 is 0 Å². The molecule has 0 bridgehead atoms. The Balaban J connectivity index is 2.25. The predicted octanol–water partition coefficient (Wildman–Crippen LogP) is 2.69. The van der Waals surface area contributed by atoms with Crippen molar-refractivity contribution in [1.82, 2.24) is 5.43 Å². The summed E-state index contributed by atoms with van der Waals surface area (Å²) in [6.45, 7) is 0. The number of benzene rings is 1. The van der Waals surface area contributed by atoms with Gasteiger partial charge in [-0.15, -0.1) is 0 Å². The van der Waals surface area contributed by atoms with Gasteiger partial charge < -0.3 is 5.43 Å².